The van der Waals surface area contributed by atoms with E-state index in [1.807, 2.05) is 28.8 Å². The summed E-state index contributed by atoms with van der Waals surface area (Å²) < 4.78 is 7.00. The summed E-state index contributed by atoms with van der Waals surface area (Å²) in [5.74, 6) is 0.791. The van der Waals surface area contributed by atoms with Crippen LogP contribution in [-0.2, 0) is 17.6 Å². The molecular weight excluding hydrogens is 406 g/mol. The minimum absolute atomic E-state index is 0.158. The summed E-state index contributed by atoms with van der Waals surface area (Å²) in [7, 11) is 1.62. The first-order chi connectivity index (χ1) is 14.2. The van der Waals surface area contributed by atoms with Gasteiger partial charge in [-0.1, -0.05) is 11.8 Å². The lowest BCUT2D eigenvalue weighted by Gasteiger charge is -2.09. The summed E-state index contributed by atoms with van der Waals surface area (Å²) >= 11 is 2.83. The molecule has 1 aliphatic carbocycles. The predicted molar refractivity (Wildman–Crippen MR) is 113 cm³/mol. The lowest BCUT2D eigenvalue weighted by atomic mass is 9.96. The van der Waals surface area contributed by atoms with Crippen LogP contribution in [-0.4, -0.2) is 33.5 Å². The van der Waals surface area contributed by atoms with Crippen molar-refractivity contribution in [3.8, 4) is 17.5 Å². The highest BCUT2D eigenvalue weighted by Gasteiger charge is 2.22. The number of rotatable bonds is 6. The smallest absolute Gasteiger partial charge is 0.235 e. The van der Waals surface area contributed by atoms with Gasteiger partial charge in [-0.05, 0) is 55.5 Å². The topological polar surface area (TPSA) is 92.8 Å². The molecule has 0 radical (unpaired) electrons. The largest absolute Gasteiger partial charge is 0.497 e. The molecule has 1 N–H and O–H groups in total. The maximum absolute atomic E-state index is 12.5. The first kappa shape index (κ1) is 19.5. The van der Waals surface area contributed by atoms with Gasteiger partial charge in [0.15, 0.2) is 5.16 Å². The molecule has 0 saturated heterocycles. The van der Waals surface area contributed by atoms with E-state index in [0.29, 0.717) is 15.7 Å². The number of hydrogen-bond donors (Lipinski definition) is 1. The number of amides is 1. The Bertz CT molecular complexity index is 1070. The van der Waals surface area contributed by atoms with Crippen molar-refractivity contribution >= 4 is 34.0 Å². The molecule has 0 spiro atoms. The summed E-state index contributed by atoms with van der Waals surface area (Å²) in [4.78, 5) is 13.7. The highest BCUT2D eigenvalue weighted by molar-refractivity contribution is 7.99. The number of aryl methyl sites for hydroxylation is 1. The van der Waals surface area contributed by atoms with Crippen LogP contribution in [0.2, 0.25) is 0 Å². The fourth-order valence-electron chi connectivity index (χ4n) is 3.31. The molecule has 0 unspecified atom stereocenters. The number of anilines is 1. The van der Waals surface area contributed by atoms with Gasteiger partial charge in [0.25, 0.3) is 0 Å². The fourth-order valence-corrected chi connectivity index (χ4v) is 5.29. The maximum atomic E-state index is 12.5. The number of carbonyl (C=O) groups is 1. The standard InChI is InChI=1S/C20H19N5O2S2/c1-27-14-8-6-13(7-9-14)25-12-22-24-20(25)28-11-18(26)23-19-16(10-21)15-4-2-3-5-17(15)29-19/h6-9,12H,2-5,11H2,1H3,(H,23,26). The van der Waals surface area contributed by atoms with E-state index in [1.54, 1.807) is 13.4 Å². The zero-order valence-electron chi connectivity index (χ0n) is 15.8. The quantitative estimate of drug-likeness (QED) is 0.604. The second kappa shape index (κ2) is 8.68. The van der Waals surface area contributed by atoms with Gasteiger partial charge in [0.05, 0.1) is 18.4 Å². The summed E-state index contributed by atoms with van der Waals surface area (Å²) in [6.45, 7) is 0. The van der Waals surface area contributed by atoms with Gasteiger partial charge >= 0.3 is 0 Å². The van der Waals surface area contributed by atoms with Crippen molar-refractivity contribution in [1.29, 1.82) is 5.26 Å². The summed E-state index contributed by atoms with van der Waals surface area (Å²) in [5, 5.41) is 21.8. The van der Waals surface area contributed by atoms with Crippen LogP contribution in [0.3, 0.4) is 0 Å². The van der Waals surface area contributed by atoms with Gasteiger partial charge in [0.1, 0.15) is 23.1 Å². The highest BCUT2D eigenvalue weighted by Crippen LogP contribution is 2.37. The first-order valence-electron chi connectivity index (χ1n) is 9.21. The second-order valence-corrected chi connectivity index (χ2v) is 8.59. The van der Waals surface area contributed by atoms with Gasteiger partial charge < -0.3 is 10.1 Å². The van der Waals surface area contributed by atoms with Crippen LogP contribution in [0.5, 0.6) is 5.75 Å². The number of benzene rings is 1. The van der Waals surface area contributed by atoms with E-state index < -0.39 is 0 Å². The Morgan fingerprint density at radius 3 is 2.90 bits per heavy atom. The molecule has 0 bridgehead atoms. The number of thiophene rings is 1. The number of thioether (sulfide) groups is 1. The number of nitrogens with zero attached hydrogens (tertiary/aromatic N) is 4. The zero-order chi connectivity index (χ0) is 20.2. The average molecular weight is 426 g/mol. The Morgan fingerprint density at radius 1 is 1.34 bits per heavy atom. The summed E-state index contributed by atoms with van der Waals surface area (Å²) in [6, 6.07) is 9.80. The van der Waals surface area contributed by atoms with Crippen LogP contribution in [0.4, 0.5) is 5.00 Å². The third-order valence-corrected chi connectivity index (χ3v) is 6.89. The number of fused-ring (bicyclic) bond motifs is 1. The molecule has 1 aromatic carbocycles. The lowest BCUT2D eigenvalue weighted by Crippen LogP contribution is -2.14. The van der Waals surface area contributed by atoms with Crippen molar-refractivity contribution < 1.29 is 9.53 Å². The van der Waals surface area contributed by atoms with Crippen molar-refractivity contribution in [3.05, 3.63) is 46.6 Å². The predicted octanol–water partition coefficient (Wildman–Crippen LogP) is 3.82. The minimum atomic E-state index is -0.158. The van der Waals surface area contributed by atoms with E-state index in [4.69, 9.17) is 4.74 Å². The number of nitriles is 1. The molecule has 3 aromatic rings. The maximum Gasteiger partial charge on any atom is 0.235 e. The van der Waals surface area contributed by atoms with Gasteiger partial charge in [-0.15, -0.1) is 21.5 Å². The van der Waals surface area contributed by atoms with Crippen molar-refractivity contribution in [3.63, 3.8) is 0 Å². The summed E-state index contributed by atoms with van der Waals surface area (Å²) in [5.41, 5.74) is 2.63. The molecule has 0 fully saturated rings. The average Bonchev–Trinajstić information content (AvgIpc) is 3.36. The van der Waals surface area contributed by atoms with Gasteiger partial charge in [-0.25, -0.2) is 0 Å². The Morgan fingerprint density at radius 2 is 2.14 bits per heavy atom. The molecule has 7 nitrogen and oxygen atoms in total. The molecule has 0 aliphatic heterocycles. The molecule has 2 heterocycles. The molecular formula is C20H19N5O2S2. The van der Waals surface area contributed by atoms with Crippen LogP contribution in [0.15, 0.2) is 35.7 Å². The zero-order valence-corrected chi connectivity index (χ0v) is 17.5. The van der Waals surface area contributed by atoms with Crippen LogP contribution >= 0.6 is 23.1 Å². The molecule has 0 saturated carbocycles. The van der Waals surface area contributed by atoms with E-state index in [2.05, 4.69) is 21.6 Å². The minimum Gasteiger partial charge on any atom is -0.497 e. The van der Waals surface area contributed by atoms with Crippen molar-refractivity contribution in [1.82, 2.24) is 14.8 Å². The molecule has 1 amide bonds. The Hall–Kier alpha value is -2.83. The Kier molecular flexibility index (Phi) is 5.83. The number of nitrogens with one attached hydrogen (secondary N) is 1. The number of ether oxygens (including phenoxy) is 1. The van der Waals surface area contributed by atoms with Crippen molar-refractivity contribution in [2.24, 2.45) is 0 Å². The second-order valence-electron chi connectivity index (χ2n) is 6.55. The number of aromatic nitrogens is 3. The van der Waals surface area contributed by atoms with E-state index in [-0.39, 0.29) is 11.7 Å². The molecule has 1 aliphatic rings. The number of hydrogen-bond acceptors (Lipinski definition) is 7. The van der Waals surface area contributed by atoms with E-state index in [0.717, 1.165) is 42.7 Å². The van der Waals surface area contributed by atoms with Gasteiger partial charge in [0, 0.05) is 10.6 Å². The van der Waals surface area contributed by atoms with Gasteiger partial charge in [-0.3, -0.25) is 9.36 Å². The van der Waals surface area contributed by atoms with Crippen LogP contribution in [0.1, 0.15) is 28.8 Å². The normalized spacial score (nSPS) is 12.8. The van der Waals surface area contributed by atoms with Gasteiger partial charge in [0.2, 0.25) is 5.91 Å². The first-order valence-corrected chi connectivity index (χ1v) is 11.0. The van der Waals surface area contributed by atoms with Crippen LogP contribution in [0, 0.1) is 11.3 Å². The van der Waals surface area contributed by atoms with Gasteiger partial charge in [-0.2, -0.15) is 5.26 Å². The van der Waals surface area contributed by atoms with E-state index in [9.17, 15) is 10.1 Å². The number of methoxy groups -OCH3 is 1. The SMILES string of the molecule is COc1ccc(-n2cnnc2SCC(=O)Nc2sc3c(c2C#N)CCCC3)cc1. The Labute approximate surface area is 176 Å². The van der Waals surface area contributed by atoms with E-state index >= 15 is 0 Å². The monoisotopic (exact) mass is 425 g/mol. The highest BCUT2D eigenvalue weighted by atomic mass is 32.2. The molecule has 0 atom stereocenters. The molecule has 9 heteroatoms. The van der Waals surface area contributed by atoms with Crippen LogP contribution < -0.4 is 10.1 Å². The lowest BCUT2D eigenvalue weighted by molar-refractivity contribution is -0.113. The Balaban J connectivity index is 1.43. The van der Waals surface area contributed by atoms with Crippen molar-refractivity contribution in [2.45, 2.75) is 30.8 Å². The molecule has 4 rings (SSSR count). The summed E-state index contributed by atoms with van der Waals surface area (Å²) in [6.07, 6.45) is 5.77. The molecule has 148 valence electrons. The van der Waals surface area contributed by atoms with E-state index in [1.165, 1.54) is 28.0 Å². The third kappa shape index (κ3) is 4.13. The fraction of sp³-hybridized carbons (Fsp3) is 0.300. The molecule has 2 aromatic heterocycles. The molecule has 29 heavy (non-hydrogen) atoms. The van der Waals surface area contributed by atoms with Crippen LogP contribution in [0.25, 0.3) is 5.69 Å². The third-order valence-electron chi connectivity index (χ3n) is 4.74. The van der Waals surface area contributed by atoms with Crippen molar-refractivity contribution in [2.75, 3.05) is 18.2 Å². The number of carbonyl (C=O) groups excluding carboxylic acids is 1.